The van der Waals surface area contributed by atoms with E-state index in [0.29, 0.717) is 18.9 Å². The average Bonchev–Trinajstić information content (AvgIpc) is 2.99. The second-order valence-corrected chi connectivity index (χ2v) is 6.06. The minimum Gasteiger partial charge on any atom is -0.494 e. The number of rotatable bonds is 7. The third kappa shape index (κ3) is 3.41. The van der Waals surface area contributed by atoms with E-state index in [1.54, 1.807) is 0 Å². The number of hydrogen-bond donors (Lipinski definition) is 0. The summed E-state index contributed by atoms with van der Waals surface area (Å²) in [5, 5.41) is 4.85. The van der Waals surface area contributed by atoms with Crippen LogP contribution in [0.4, 0.5) is 5.82 Å². The second-order valence-electron chi connectivity index (χ2n) is 6.06. The first-order valence-electron chi connectivity index (χ1n) is 8.42. The van der Waals surface area contributed by atoms with E-state index in [0.717, 1.165) is 42.2 Å². The number of fused-ring (bicyclic) bond motifs is 1. The lowest BCUT2D eigenvalue weighted by molar-refractivity contribution is 0.0279. The molecular weight excluding hydrogens is 320 g/mol. The zero-order valence-electron chi connectivity index (χ0n) is 14.1. The lowest BCUT2D eigenvalue weighted by Gasteiger charge is -2.39. The van der Waals surface area contributed by atoms with E-state index in [2.05, 4.69) is 20.0 Å². The van der Waals surface area contributed by atoms with Gasteiger partial charge < -0.3 is 18.9 Å². The van der Waals surface area contributed by atoms with Crippen LogP contribution >= 0.6 is 0 Å². The zero-order valence-corrected chi connectivity index (χ0v) is 14.1. The number of para-hydroxylation sites is 1. The van der Waals surface area contributed by atoms with Crippen LogP contribution in [0.25, 0.3) is 11.1 Å². The van der Waals surface area contributed by atoms with Gasteiger partial charge in [0.25, 0.3) is 5.71 Å². The van der Waals surface area contributed by atoms with E-state index >= 15 is 0 Å². The lowest BCUT2D eigenvalue weighted by Crippen LogP contribution is -2.53. The summed E-state index contributed by atoms with van der Waals surface area (Å²) in [5.74, 6) is 1.77. The van der Waals surface area contributed by atoms with Gasteiger partial charge in [-0.15, -0.1) is 0 Å². The van der Waals surface area contributed by atoms with Crippen molar-refractivity contribution in [2.45, 2.75) is 19.4 Å². The van der Waals surface area contributed by atoms with Crippen LogP contribution in [0.3, 0.4) is 0 Å². The lowest BCUT2D eigenvalue weighted by atomic mass is 10.1. The fraction of sp³-hybridized carbons (Fsp3) is 0.389. The molecule has 0 unspecified atom stereocenters. The predicted molar refractivity (Wildman–Crippen MR) is 92.8 cm³/mol. The van der Waals surface area contributed by atoms with Crippen molar-refractivity contribution in [2.24, 2.45) is 0 Å². The quantitative estimate of drug-likeness (QED) is 0.612. The minimum absolute atomic E-state index is 0.224. The largest absolute Gasteiger partial charge is 0.494 e. The summed E-state index contributed by atoms with van der Waals surface area (Å²) in [7, 11) is 0. The number of anilines is 1. The fourth-order valence-corrected chi connectivity index (χ4v) is 2.88. The van der Waals surface area contributed by atoms with Crippen LogP contribution in [0.15, 0.2) is 41.2 Å². The topological polar surface area (TPSA) is 73.5 Å². The molecule has 0 saturated carbocycles. The third-order valence-corrected chi connectivity index (χ3v) is 4.23. The highest BCUT2D eigenvalue weighted by molar-refractivity contribution is 5.88. The van der Waals surface area contributed by atoms with Crippen LogP contribution in [0.5, 0.6) is 5.75 Å². The molecule has 0 radical (unpaired) electrons. The highest BCUT2D eigenvalue weighted by Crippen LogP contribution is 2.29. The van der Waals surface area contributed by atoms with Gasteiger partial charge in [-0.25, -0.2) is 4.98 Å². The van der Waals surface area contributed by atoms with Crippen molar-refractivity contribution in [3.63, 3.8) is 0 Å². The Labute approximate surface area is 145 Å². The summed E-state index contributed by atoms with van der Waals surface area (Å²) < 4.78 is 16.7. The van der Waals surface area contributed by atoms with Gasteiger partial charge in [0.15, 0.2) is 0 Å². The molecule has 2 aromatic heterocycles. The molecular formula is C18H20N4O3. The summed E-state index contributed by atoms with van der Waals surface area (Å²) in [4.78, 5) is 10.7. The van der Waals surface area contributed by atoms with E-state index in [-0.39, 0.29) is 6.10 Å². The first kappa shape index (κ1) is 15.8. The molecule has 7 nitrogen and oxygen atoms in total. The molecule has 3 aromatic rings. The van der Waals surface area contributed by atoms with Gasteiger partial charge in [-0.2, -0.15) is 4.98 Å². The first-order chi connectivity index (χ1) is 12.3. The summed E-state index contributed by atoms with van der Waals surface area (Å²) in [5.41, 5.74) is 1.35. The van der Waals surface area contributed by atoms with Crippen LogP contribution in [0, 0.1) is 6.92 Å². The summed E-state index contributed by atoms with van der Waals surface area (Å²) >= 11 is 0. The molecule has 0 atom stereocenters. The fourth-order valence-electron chi connectivity index (χ4n) is 2.88. The third-order valence-electron chi connectivity index (χ3n) is 4.23. The van der Waals surface area contributed by atoms with Crippen molar-refractivity contribution in [2.75, 3.05) is 31.2 Å². The Balaban J connectivity index is 1.21. The van der Waals surface area contributed by atoms with Crippen LogP contribution < -0.4 is 9.64 Å². The van der Waals surface area contributed by atoms with Crippen molar-refractivity contribution in [1.29, 1.82) is 0 Å². The van der Waals surface area contributed by atoms with E-state index < -0.39 is 0 Å². The monoisotopic (exact) mass is 340 g/mol. The zero-order chi connectivity index (χ0) is 17.1. The Morgan fingerprint density at radius 2 is 2.00 bits per heavy atom. The molecule has 25 heavy (non-hydrogen) atoms. The van der Waals surface area contributed by atoms with Crippen LogP contribution in [-0.4, -0.2) is 47.5 Å². The van der Waals surface area contributed by atoms with Gasteiger partial charge in [0.2, 0.25) is 0 Å². The number of nitrogens with zero attached hydrogens (tertiary/aromatic N) is 4. The molecule has 0 spiro atoms. The Morgan fingerprint density at radius 3 is 2.84 bits per heavy atom. The summed E-state index contributed by atoms with van der Waals surface area (Å²) in [6.07, 6.45) is 2.60. The molecule has 3 heterocycles. The van der Waals surface area contributed by atoms with Crippen molar-refractivity contribution >= 4 is 16.9 Å². The standard InChI is InChI=1S/C18H20N4O3/c1-13-16-17(19-12-20-18(16)25-21-13)22-10-15(11-22)24-9-5-8-23-14-6-3-2-4-7-14/h2-4,6-7,12,15H,5,8-11H2,1H3. The van der Waals surface area contributed by atoms with Crippen molar-refractivity contribution in [1.82, 2.24) is 15.1 Å². The Bertz CT molecular complexity index is 831. The van der Waals surface area contributed by atoms with Crippen LogP contribution in [0.1, 0.15) is 12.1 Å². The maximum atomic E-state index is 5.89. The number of aromatic nitrogens is 3. The van der Waals surface area contributed by atoms with E-state index in [1.165, 1.54) is 6.33 Å². The molecule has 0 N–H and O–H groups in total. The normalized spacial score (nSPS) is 14.7. The Kier molecular flexibility index (Phi) is 4.47. The number of hydrogen-bond acceptors (Lipinski definition) is 7. The highest BCUT2D eigenvalue weighted by Gasteiger charge is 2.30. The molecule has 7 heteroatoms. The highest BCUT2D eigenvalue weighted by atomic mass is 16.5. The van der Waals surface area contributed by atoms with E-state index in [4.69, 9.17) is 14.0 Å². The number of aryl methyl sites for hydroxylation is 1. The van der Waals surface area contributed by atoms with Crippen molar-refractivity contribution in [3.05, 3.63) is 42.4 Å². The van der Waals surface area contributed by atoms with Gasteiger partial charge in [-0.3, -0.25) is 0 Å². The molecule has 0 aliphatic carbocycles. The molecule has 130 valence electrons. The average molecular weight is 340 g/mol. The molecule has 1 aromatic carbocycles. The molecule has 0 bridgehead atoms. The first-order valence-corrected chi connectivity index (χ1v) is 8.42. The van der Waals surface area contributed by atoms with Crippen molar-refractivity contribution < 1.29 is 14.0 Å². The van der Waals surface area contributed by atoms with Gasteiger partial charge in [0.05, 0.1) is 25.0 Å². The Hall–Kier alpha value is -2.67. The molecule has 1 fully saturated rings. The molecule has 4 rings (SSSR count). The maximum Gasteiger partial charge on any atom is 0.263 e. The predicted octanol–water partition coefficient (Wildman–Crippen LogP) is 2.60. The maximum absolute atomic E-state index is 5.89. The van der Waals surface area contributed by atoms with E-state index in [1.807, 2.05) is 37.3 Å². The number of ether oxygens (including phenoxy) is 2. The van der Waals surface area contributed by atoms with Crippen LogP contribution in [-0.2, 0) is 4.74 Å². The smallest absolute Gasteiger partial charge is 0.263 e. The minimum atomic E-state index is 0.224. The second kappa shape index (κ2) is 7.06. The molecule has 1 saturated heterocycles. The number of benzene rings is 1. The van der Waals surface area contributed by atoms with Gasteiger partial charge in [0.1, 0.15) is 23.3 Å². The van der Waals surface area contributed by atoms with Gasteiger partial charge in [0, 0.05) is 19.5 Å². The van der Waals surface area contributed by atoms with Gasteiger partial charge in [-0.05, 0) is 19.1 Å². The van der Waals surface area contributed by atoms with Gasteiger partial charge >= 0.3 is 0 Å². The van der Waals surface area contributed by atoms with Gasteiger partial charge in [-0.1, -0.05) is 23.4 Å². The molecule has 0 amide bonds. The van der Waals surface area contributed by atoms with Crippen molar-refractivity contribution in [3.8, 4) is 5.75 Å². The SMILES string of the molecule is Cc1noc2ncnc(N3CC(OCCCOc4ccccc4)C3)c12. The Morgan fingerprint density at radius 1 is 1.16 bits per heavy atom. The molecule has 1 aliphatic heterocycles. The van der Waals surface area contributed by atoms with Crippen LogP contribution in [0.2, 0.25) is 0 Å². The summed E-state index contributed by atoms with van der Waals surface area (Å²) in [6, 6.07) is 9.83. The molecule has 1 aliphatic rings. The summed E-state index contributed by atoms with van der Waals surface area (Å²) in [6.45, 7) is 4.88. The van der Waals surface area contributed by atoms with E-state index in [9.17, 15) is 0 Å².